The molecule has 0 saturated carbocycles. The lowest BCUT2D eigenvalue weighted by molar-refractivity contribution is -0.130. The van der Waals surface area contributed by atoms with E-state index in [2.05, 4.69) is 5.32 Å². The molecule has 2 aliphatic rings. The third kappa shape index (κ3) is 5.03. The largest absolute Gasteiger partial charge is 0.493 e. The van der Waals surface area contributed by atoms with Crippen LogP contribution in [-0.4, -0.2) is 67.8 Å². The summed E-state index contributed by atoms with van der Waals surface area (Å²) in [7, 11) is 3.18. The second kappa shape index (κ2) is 11.7. The van der Waals surface area contributed by atoms with Crippen molar-refractivity contribution < 1.29 is 33.6 Å². The van der Waals surface area contributed by atoms with E-state index in [1.807, 2.05) is 78.9 Å². The zero-order valence-corrected chi connectivity index (χ0v) is 22.8. The second-order valence-corrected chi connectivity index (χ2v) is 10.0. The SMILES string of the molecule is COc1cccc(C(OC[C@H]2O[C@@H](N3CC(C)C(=O)NC3=O)C[C@@H]2O)(c2ccccc2)c2ccccc2)c1OC. The maximum Gasteiger partial charge on any atom is 0.326 e. The lowest BCUT2D eigenvalue weighted by Crippen LogP contribution is -2.57. The molecule has 3 aromatic carbocycles. The number of urea groups is 1. The van der Waals surface area contributed by atoms with Crippen LogP contribution in [0.1, 0.15) is 30.0 Å². The van der Waals surface area contributed by atoms with Crippen molar-refractivity contribution in [2.45, 2.75) is 37.4 Å². The number of methoxy groups -OCH3 is 2. The van der Waals surface area contributed by atoms with Gasteiger partial charge in [-0.3, -0.25) is 15.0 Å². The quantitative estimate of drug-likeness (QED) is 0.395. The van der Waals surface area contributed by atoms with Crippen LogP contribution in [0.3, 0.4) is 0 Å². The van der Waals surface area contributed by atoms with Gasteiger partial charge >= 0.3 is 6.03 Å². The molecule has 2 heterocycles. The lowest BCUT2D eigenvalue weighted by Gasteiger charge is -2.38. The van der Waals surface area contributed by atoms with Crippen LogP contribution >= 0.6 is 0 Å². The number of aliphatic hydroxyl groups excluding tert-OH is 1. The van der Waals surface area contributed by atoms with Crippen LogP contribution in [0.2, 0.25) is 0 Å². The topological polar surface area (TPSA) is 107 Å². The standard InChI is InChI=1S/C31H34N2O7/c1-20-18-33(30(36)32-29(20)35)27-17-24(34)26(40-27)19-39-31(21-11-6-4-7-12-21,22-13-8-5-9-14-22)23-15-10-16-25(37-2)28(23)38-3/h4-16,20,24,26-27,34H,17-19H2,1-3H3,(H,32,35,36)/t20?,24-,26+,27+/m0/s1. The van der Waals surface area contributed by atoms with Gasteiger partial charge in [0, 0.05) is 18.5 Å². The zero-order valence-electron chi connectivity index (χ0n) is 22.8. The van der Waals surface area contributed by atoms with E-state index in [4.69, 9.17) is 18.9 Å². The van der Waals surface area contributed by atoms with Crippen LogP contribution in [0.4, 0.5) is 4.79 Å². The summed E-state index contributed by atoms with van der Waals surface area (Å²) in [6.07, 6.45) is -2.10. The molecule has 3 aromatic rings. The van der Waals surface area contributed by atoms with Crippen LogP contribution < -0.4 is 14.8 Å². The van der Waals surface area contributed by atoms with Gasteiger partial charge in [0.15, 0.2) is 11.5 Å². The van der Waals surface area contributed by atoms with Crippen molar-refractivity contribution in [1.82, 2.24) is 10.2 Å². The molecule has 0 radical (unpaired) electrons. The Morgan fingerprint density at radius 1 is 0.950 bits per heavy atom. The number of hydrogen-bond acceptors (Lipinski definition) is 7. The van der Waals surface area contributed by atoms with Crippen LogP contribution in [0.25, 0.3) is 0 Å². The van der Waals surface area contributed by atoms with E-state index < -0.39 is 30.1 Å². The van der Waals surface area contributed by atoms with Crippen LogP contribution in [0.15, 0.2) is 78.9 Å². The van der Waals surface area contributed by atoms with Gasteiger partial charge < -0.3 is 24.1 Å². The molecule has 0 spiro atoms. The number of amides is 3. The van der Waals surface area contributed by atoms with Crippen molar-refractivity contribution in [3.05, 3.63) is 95.6 Å². The Balaban J connectivity index is 1.53. The Kier molecular flexibility index (Phi) is 8.07. The molecule has 3 amide bonds. The summed E-state index contributed by atoms with van der Waals surface area (Å²) in [5.74, 6) is 0.379. The molecule has 0 aromatic heterocycles. The average Bonchev–Trinajstić information content (AvgIpc) is 3.36. The predicted octanol–water partition coefficient (Wildman–Crippen LogP) is 3.68. The summed E-state index contributed by atoms with van der Waals surface area (Å²) in [5, 5.41) is 13.4. The van der Waals surface area contributed by atoms with Gasteiger partial charge in [0.05, 0.1) is 32.8 Å². The van der Waals surface area contributed by atoms with Crippen LogP contribution in [0.5, 0.6) is 11.5 Å². The highest BCUT2D eigenvalue weighted by atomic mass is 16.6. The Morgan fingerprint density at radius 2 is 1.60 bits per heavy atom. The molecule has 2 aliphatic heterocycles. The van der Waals surface area contributed by atoms with E-state index in [9.17, 15) is 14.7 Å². The molecule has 2 saturated heterocycles. The van der Waals surface area contributed by atoms with Gasteiger partial charge in [-0.2, -0.15) is 0 Å². The fourth-order valence-corrected chi connectivity index (χ4v) is 5.51. The lowest BCUT2D eigenvalue weighted by atomic mass is 9.79. The molecule has 9 nitrogen and oxygen atoms in total. The molecule has 0 aliphatic carbocycles. The van der Waals surface area contributed by atoms with Crippen molar-refractivity contribution in [3.8, 4) is 11.5 Å². The number of nitrogens with zero attached hydrogens (tertiary/aromatic N) is 1. The summed E-state index contributed by atoms with van der Waals surface area (Å²) >= 11 is 0. The first-order chi connectivity index (χ1) is 19.4. The summed E-state index contributed by atoms with van der Waals surface area (Å²) < 4.78 is 24.6. The highest BCUT2D eigenvalue weighted by Crippen LogP contribution is 2.47. The van der Waals surface area contributed by atoms with E-state index in [-0.39, 0.29) is 31.4 Å². The molecule has 210 valence electrons. The highest BCUT2D eigenvalue weighted by molar-refractivity contribution is 5.97. The van der Waals surface area contributed by atoms with Crippen molar-refractivity contribution in [1.29, 1.82) is 0 Å². The number of ether oxygens (including phenoxy) is 4. The molecular weight excluding hydrogens is 512 g/mol. The summed E-state index contributed by atoms with van der Waals surface area (Å²) in [6, 6.07) is 24.7. The maximum absolute atomic E-state index is 12.5. The Labute approximate surface area is 233 Å². The van der Waals surface area contributed by atoms with Crippen molar-refractivity contribution in [3.63, 3.8) is 0 Å². The minimum atomic E-state index is -1.16. The normalized spacial score (nSPS) is 23.1. The number of imide groups is 1. The Morgan fingerprint density at radius 3 is 2.20 bits per heavy atom. The van der Waals surface area contributed by atoms with Gasteiger partial charge in [-0.25, -0.2) is 4.79 Å². The number of rotatable bonds is 9. The second-order valence-electron chi connectivity index (χ2n) is 10.0. The van der Waals surface area contributed by atoms with Crippen molar-refractivity contribution in [2.24, 2.45) is 5.92 Å². The first-order valence-electron chi connectivity index (χ1n) is 13.3. The van der Waals surface area contributed by atoms with Gasteiger partial charge in [-0.15, -0.1) is 0 Å². The minimum Gasteiger partial charge on any atom is -0.493 e. The number of para-hydroxylation sites is 1. The molecular formula is C31H34N2O7. The monoisotopic (exact) mass is 546 g/mol. The third-order valence-electron chi connectivity index (χ3n) is 7.57. The van der Waals surface area contributed by atoms with E-state index in [0.717, 1.165) is 16.7 Å². The Hall–Kier alpha value is -3.92. The minimum absolute atomic E-state index is 0.00572. The molecule has 2 fully saturated rings. The van der Waals surface area contributed by atoms with Gasteiger partial charge in [-0.05, 0) is 17.2 Å². The zero-order chi connectivity index (χ0) is 28.3. The molecule has 0 bridgehead atoms. The molecule has 2 N–H and O–H groups in total. The van der Waals surface area contributed by atoms with Gasteiger partial charge in [-0.1, -0.05) is 79.7 Å². The van der Waals surface area contributed by atoms with E-state index in [1.165, 1.54) is 4.90 Å². The average molecular weight is 547 g/mol. The van der Waals surface area contributed by atoms with Crippen molar-refractivity contribution in [2.75, 3.05) is 27.4 Å². The number of aliphatic hydroxyl groups is 1. The summed E-state index contributed by atoms with van der Waals surface area (Å²) in [5.41, 5.74) is 1.25. The Bertz CT molecular complexity index is 1290. The molecule has 5 rings (SSSR count). The summed E-state index contributed by atoms with van der Waals surface area (Å²) in [6.45, 7) is 1.97. The summed E-state index contributed by atoms with van der Waals surface area (Å²) in [4.78, 5) is 25.9. The third-order valence-corrected chi connectivity index (χ3v) is 7.57. The number of benzene rings is 3. The smallest absolute Gasteiger partial charge is 0.326 e. The van der Waals surface area contributed by atoms with Crippen molar-refractivity contribution >= 4 is 11.9 Å². The van der Waals surface area contributed by atoms with E-state index in [1.54, 1.807) is 21.1 Å². The number of nitrogens with one attached hydrogen (secondary N) is 1. The molecule has 9 heteroatoms. The van der Waals surface area contributed by atoms with Crippen LogP contribution in [0, 0.1) is 5.92 Å². The number of hydrogen-bond donors (Lipinski definition) is 2. The molecule has 1 unspecified atom stereocenters. The maximum atomic E-state index is 12.5. The van der Waals surface area contributed by atoms with Gasteiger partial charge in [0.2, 0.25) is 5.91 Å². The first-order valence-corrected chi connectivity index (χ1v) is 13.3. The van der Waals surface area contributed by atoms with Gasteiger partial charge in [0.1, 0.15) is 17.9 Å². The van der Waals surface area contributed by atoms with E-state index >= 15 is 0 Å². The number of carbonyl (C=O) groups is 2. The van der Waals surface area contributed by atoms with Crippen LogP contribution in [-0.2, 0) is 19.9 Å². The molecule has 4 atom stereocenters. The van der Waals surface area contributed by atoms with E-state index in [0.29, 0.717) is 11.5 Å². The fraction of sp³-hybridized carbons (Fsp3) is 0.355. The predicted molar refractivity (Wildman–Crippen MR) is 147 cm³/mol. The fourth-order valence-electron chi connectivity index (χ4n) is 5.51. The molecule has 40 heavy (non-hydrogen) atoms. The number of carbonyl (C=O) groups excluding carboxylic acids is 2. The van der Waals surface area contributed by atoms with Gasteiger partial charge in [0.25, 0.3) is 0 Å². The first kappa shape index (κ1) is 27.6. The highest BCUT2D eigenvalue weighted by Gasteiger charge is 2.46.